The van der Waals surface area contributed by atoms with Crippen LogP contribution in [-0.4, -0.2) is 70.5 Å². The highest BCUT2D eigenvalue weighted by Gasteiger charge is 2.27. The largest absolute Gasteiger partial charge is 0.370 e. The average molecular weight is 399 g/mol. The Balaban J connectivity index is 1.77. The number of hydrogen-bond acceptors (Lipinski definition) is 8. The zero-order chi connectivity index (χ0) is 21.1. The molecule has 1 atom stereocenters. The van der Waals surface area contributed by atoms with Crippen LogP contribution in [0.2, 0.25) is 0 Å². The van der Waals surface area contributed by atoms with Crippen LogP contribution in [0, 0.1) is 20.8 Å². The van der Waals surface area contributed by atoms with E-state index in [0.29, 0.717) is 5.95 Å². The highest BCUT2D eigenvalue weighted by molar-refractivity contribution is 5.90. The van der Waals surface area contributed by atoms with Gasteiger partial charge >= 0.3 is 0 Å². The second-order valence-corrected chi connectivity index (χ2v) is 7.61. The maximum atomic E-state index is 12.3. The lowest BCUT2D eigenvalue weighted by Crippen LogP contribution is -2.30. The van der Waals surface area contributed by atoms with Gasteiger partial charge in [0.25, 0.3) is 5.91 Å². The first-order chi connectivity index (χ1) is 13.8. The summed E-state index contributed by atoms with van der Waals surface area (Å²) < 4.78 is 0. The number of carbonyl (C=O) groups excluding carboxylic acids is 1. The van der Waals surface area contributed by atoms with Crippen molar-refractivity contribution in [3.05, 3.63) is 28.8 Å². The van der Waals surface area contributed by atoms with Gasteiger partial charge in [-0.05, 0) is 34.1 Å². The molecule has 1 amide bonds. The van der Waals surface area contributed by atoms with Gasteiger partial charge in [0.2, 0.25) is 11.8 Å². The second kappa shape index (κ2) is 8.59. The molecule has 0 unspecified atom stereocenters. The van der Waals surface area contributed by atoms with Gasteiger partial charge in [0.15, 0.2) is 0 Å². The fraction of sp³-hybridized carbons (Fsp3) is 0.550. The molecule has 9 nitrogen and oxygen atoms in total. The minimum Gasteiger partial charge on any atom is -0.370 e. The summed E-state index contributed by atoms with van der Waals surface area (Å²) in [5, 5.41) is 6.68. The van der Waals surface area contributed by atoms with Crippen LogP contribution in [0.1, 0.15) is 40.9 Å². The Morgan fingerprint density at radius 2 is 1.97 bits per heavy atom. The van der Waals surface area contributed by atoms with Gasteiger partial charge in [-0.2, -0.15) is 4.98 Å². The van der Waals surface area contributed by atoms with E-state index in [2.05, 4.69) is 35.5 Å². The van der Waals surface area contributed by atoms with Gasteiger partial charge in [0, 0.05) is 62.8 Å². The molecule has 2 aromatic heterocycles. The summed E-state index contributed by atoms with van der Waals surface area (Å²) in [5.74, 6) is 2.33. The first-order valence-corrected chi connectivity index (χ1v) is 9.96. The summed E-state index contributed by atoms with van der Waals surface area (Å²) in [5.41, 5.74) is 2.75. The van der Waals surface area contributed by atoms with Crippen molar-refractivity contribution in [3.63, 3.8) is 0 Å². The maximum Gasteiger partial charge on any atom is 0.291 e. The Labute approximate surface area is 172 Å². The highest BCUT2D eigenvalue weighted by Crippen LogP contribution is 2.25. The Kier molecular flexibility index (Phi) is 6.14. The van der Waals surface area contributed by atoms with Crippen molar-refractivity contribution in [3.8, 4) is 0 Å². The van der Waals surface area contributed by atoms with Crippen molar-refractivity contribution >= 4 is 23.5 Å². The molecule has 0 saturated carbocycles. The summed E-state index contributed by atoms with van der Waals surface area (Å²) in [6, 6.07) is 2.14. The highest BCUT2D eigenvalue weighted by atomic mass is 16.2. The molecular formula is C20H30N8O. The van der Waals surface area contributed by atoms with Crippen molar-refractivity contribution < 1.29 is 4.79 Å². The van der Waals surface area contributed by atoms with Gasteiger partial charge in [-0.25, -0.2) is 15.0 Å². The van der Waals surface area contributed by atoms with Gasteiger partial charge < -0.3 is 20.4 Å². The average Bonchev–Trinajstić information content (AvgIpc) is 3.11. The maximum absolute atomic E-state index is 12.3. The molecule has 2 aromatic rings. The Morgan fingerprint density at radius 1 is 1.21 bits per heavy atom. The lowest BCUT2D eigenvalue weighted by Gasteiger charge is -2.22. The molecule has 1 saturated heterocycles. The van der Waals surface area contributed by atoms with E-state index >= 15 is 0 Å². The van der Waals surface area contributed by atoms with Gasteiger partial charge in [-0.1, -0.05) is 0 Å². The van der Waals surface area contributed by atoms with Gasteiger partial charge in [-0.15, -0.1) is 0 Å². The lowest BCUT2D eigenvalue weighted by atomic mass is 10.2. The monoisotopic (exact) mass is 398 g/mol. The smallest absolute Gasteiger partial charge is 0.291 e. The second-order valence-electron chi connectivity index (χ2n) is 7.61. The Bertz CT molecular complexity index is 898. The van der Waals surface area contributed by atoms with Gasteiger partial charge in [-0.3, -0.25) is 4.79 Å². The molecule has 1 aliphatic rings. The number of anilines is 3. The Morgan fingerprint density at radius 3 is 2.66 bits per heavy atom. The summed E-state index contributed by atoms with van der Waals surface area (Å²) in [6.45, 7) is 10.3. The van der Waals surface area contributed by atoms with Gasteiger partial charge in [0.1, 0.15) is 11.6 Å². The summed E-state index contributed by atoms with van der Waals surface area (Å²) >= 11 is 0. The van der Waals surface area contributed by atoms with Crippen LogP contribution in [0.3, 0.4) is 0 Å². The molecule has 3 rings (SSSR count). The third-order valence-corrected chi connectivity index (χ3v) is 4.99. The third-order valence-electron chi connectivity index (χ3n) is 4.99. The van der Waals surface area contributed by atoms with Crippen molar-refractivity contribution in [2.45, 2.75) is 40.2 Å². The lowest BCUT2D eigenvalue weighted by molar-refractivity contribution is 0.0815. The fourth-order valence-electron chi connectivity index (χ4n) is 3.38. The van der Waals surface area contributed by atoms with Crippen LogP contribution in [0.15, 0.2) is 6.07 Å². The molecule has 0 aromatic carbocycles. The van der Waals surface area contributed by atoms with Crippen molar-refractivity contribution in [2.75, 3.05) is 49.3 Å². The van der Waals surface area contributed by atoms with Crippen molar-refractivity contribution in [2.24, 2.45) is 0 Å². The van der Waals surface area contributed by atoms with Crippen molar-refractivity contribution in [1.29, 1.82) is 0 Å². The molecule has 0 aliphatic carbocycles. The molecule has 0 bridgehead atoms. The van der Waals surface area contributed by atoms with E-state index in [-0.39, 0.29) is 17.8 Å². The molecule has 9 heteroatoms. The zero-order valence-corrected chi connectivity index (χ0v) is 18.1. The molecule has 0 radical (unpaired) electrons. The number of amides is 1. The van der Waals surface area contributed by atoms with Crippen LogP contribution in [-0.2, 0) is 0 Å². The molecule has 3 heterocycles. The van der Waals surface area contributed by atoms with Gasteiger partial charge in [0.05, 0.1) is 0 Å². The molecule has 1 aliphatic heterocycles. The first-order valence-electron chi connectivity index (χ1n) is 9.96. The van der Waals surface area contributed by atoms with E-state index in [9.17, 15) is 4.79 Å². The van der Waals surface area contributed by atoms with E-state index in [1.807, 2.05) is 33.8 Å². The summed E-state index contributed by atoms with van der Waals surface area (Å²) in [7, 11) is 3.42. The molecule has 0 spiro atoms. The number of nitrogens with zero attached hydrogens (tertiary/aromatic N) is 6. The molecular weight excluding hydrogens is 368 g/mol. The van der Waals surface area contributed by atoms with Crippen LogP contribution in [0.4, 0.5) is 17.6 Å². The van der Waals surface area contributed by atoms with E-state index in [4.69, 9.17) is 0 Å². The standard InChI is InChI=1S/C20H30N8O/c1-7-21-16-10-12(2)22-20(25-16)24-15-8-9-28(11-15)18-13(3)14(4)23-17(26-18)19(29)27(5)6/h10,15H,7-9,11H2,1-6H3,(H2,21,22,24,25)/t15-/m1/s1. The number of aryl methyl sites for hydroxylation is 2. The predicted octanol–water partition coefficient (Wildman–Crippen LogP) is 2.02. The number of nitrogens with one attached hydrogen (secondary N) is 2. The molecule has 2 N–H and O–H groups in total. The molecule has 156 valence electrons. The minimum atomic E-state index is -0.188. The van der Waals surface area contributed by atoms with E-state index < -0.39 is 0 Å². The number of hydrogen-bond donors (Lipinski definition) is 2. The quantitative estimate of drug-likeness (QED) is 0.762. The summed E-state index contributed by atoms with van der Waals surface area (Å²) in [4.78, 5) is 34.1. The van der Waals surface area contributed by atoms with E-state index in [1.54, 1.807) is 14.1 Å². The fourth-order valence-corrected chi connectivity index (χ4v) is 3.38. The molecule has 1 fully saturated rings. The summed E-state index contributed by atoms with van der Waals surface area (Å²) in [6.07, 6.45) is 0.938. The SMILES string of the molecule is CCNc1cc(C)nc(N[C@@H]2CCN(c3nc(C(=O)N(C)C)nc(C)c3C)C2)n1. The van der Waals surface area contributed by atoms with Crippen LogP contribution in [0.25, 0.3) is 0 Å². The number of aromatic nitrogens is 4. The molecule has 29 heavy (non-hydrogen) atoms. The normalized spacial score (nSPS) is 16.1. The van der Waals surface area contributed by atoms with Crippen LogP contribution >= 0.6 is 0 Å². The van der Waals surface area contributed by atoms with E-state index in [1.165, 1.54) is 4.90 Å². The zero-order valence-electron chi connectivity index (χ0n) is 18.1. The van der Waals surface area contributed by atoms with E-state index in [0.717, 1.165) is 54.6 Å². The third kappa shape index (κ3) is 4.72. The predicted molar refractivity (Wildman–Crippen MR) is 115 cm³/mol. The van der Waals surface area contributed by atoms with Crippen LogP contribution in [0.5, 0.6) is 0 Å². The van der Waals surface area contributed by atoms with Crippen molar-refractivity contribution in [1.82, 2.24) is 24.8 Å². The number of rotatable bonds is 6. The topological polar surface area (TPSA) is 99.2 Å². The Hall–Kier alpha value is -2.97. The van der Waals surface area contributed by atoms with Crippen LogP contribution < -0.4 is 15.5 Å². The minimum absolute atomic E-state index is 0.188. The first kappa shape index (κ1) is 20.8. The number of carbonyl (C=O) groups is 1.